The molecule has 7 heteroatoms. The number of ether oxygens (including phenoxy) is 2. The maximum Gasteiger partial charge on any atom is 0.418 e. The maximum atomic E-state index is 14.1. The second-order valence-corrected chi connectivity index (χ2v) is 8.46. The van der Waals surface area contributed by atoms with Crippen molar-refractivity contribution in [3.63, 3.8) is 0 Å². The van der Waals surface area contributed by atoms with Gasteiger partial charge < -0.3 is 9.47 Å². The molecule has 3 aromatic carbocycles. The lowest BCUT2D eigenvalue weighted by Crippen LogP contribution is -2.48. The monoisotopic (exact) mass is 468 g/mol. The average molecular weight is 469 g/mol. The third-order valence-corrected chi connectivity index (χ3v) is 5.63. The lowest BCUT2D eigenvalue weighted by atomic mass is 9.98. The topological polar surface area (TPSA) is 33.7 Å². The minimum absolute atomic E-state index is 0.0449. The molecule has 3 aromatic rings. The predicted molar refractivity (Wildman–Crippen MR) is 126 cm³/mol. The van der Waals surface area contributed by atoms with Gasteiger partial charge in [-0.2, -0.15) is 13.2 Å². The van der Waals surface area contributed by atoms with Crippen LogP contribution in [0.15, 0.2) is 84.3 Å². The fourth-order valence-corrected chi connectivity index (χ4v) is 4.00. The van der Waals surface area contributed by atoms with Gasteiger partial charge in [-0.25, -0.2) is 10.4 Å². The van der Waals surface area contributed by atoms with Crippen molar-refractivity contribution in [1.82, 2.24) is 5.43 Å². The van der Waals surface area contributed by atoms with Gasteiger partial charge in [-0.05, 0) is 55.3 Å². The molecule has 0 amide bonds. The zero-order valence-electron chi connectivity index (χ0n) is 19.3. The van der Waals surface area contributed by atoms with E-state index >= 15 is 0 Å². The van der Waals surface area contributed by atoms with E-state index < -0.39 is 17.7 Å². The number of para-hydroxylation sites is 1. The predicted octanol–water partition coefficient (Wildman–Crippen LogP) is 7.05. The molecule has 0 aliphatic carbocycles. The lowest BCUT2D eigenvalue weighted by molar-refractivity contribution is -0.105. The van der Waals surface area contributed by atoms with E-state index in [0.29, 0.717) is 22.7 Å². The number of hydrazine groups is 1. The summed E-state index contributed by atoms with van der Waals surface area (Å²) in [4.78, 5) is 0. The zero-order chi connectivity index (χ0) is 24.3. The second-order valence-electron chi connectivity index (χ2n) is 8.46. The summed E-state index contributed by atoms with van der Waals surface area (Å²) in [5.74, 6) is 0.269. The number of nitrogens with zero attached hydrogens (tertiary/aromatic N) is 1. The van der Waals surface area contributed by atoms with Gasteiger partial charge in [-0.1, -0.05) is 55.0 Å². The third kappa shape index (κ3) is 5.37. The highest BCUT2D eigenvalue weighted by molar-refractivity contribution is 5.58. The first-order chi connectivity index (χ1) is 16.2. The van der Waals surface area contributed by atoms with Gasteiger partial charge in [0, 0.05) is 12.5 Å². The van der Waals surface area contributed by atoms with Gasteiger partial charge in [0.15, 0.2) is 0 Å². The number of hydrogen-bond acceptors (Lipinski definition) is 4. The third-order valence-electron chi connectivity index (χ3n) is 5.63. The Bertz CT molecular complexity index is 1180. The van der Waals surface area contributed by atoms with Gasteiger partial charge in [0.05, 0.1) is 11.3 Å². The summed E-state index contributed by atoms with van der Waals surface area (Å²) in [7, 11) is 0. The molecule has 34 heavy (non-hydrogen) atoms. The van der Waals surface area contributed by atoms with Crippen molar-refractivity contribution in [2.24, 2.45) is 5.92 Å². The molecule has 0 aromatic heterocycles. The van der Waals surface area contributed by atoms with Crippen molar-refractivity contribution in [2.45, 2.75) is 33.6 Å². The molecule has 0 bridgehead atoms. The molecular weight excluding hydrogens is 441 g/mol. The first kappa shape index (κ1) is 23.7. The summed E-state index contributed by atoms with van der Waals surface area (Å²) in [5, 5.41) is 1.42. The Balaban J connectivity index is 1.64. The molecule has 0 saturated heterocycles. The van der Waals surface area contributed by atoms with Crippen LogP contribution in [-0.2, 0) is 11.3 Å². The molecule has 1 unspecified atom stereocenters. The van der Waals surface area contributed by atoms with Gasteiger partial charge in [0.2, 0.25) is 5.88 Å². The summed E-state index contributed by atoms with van der Waals surface area (Å²) in [6.45, 7) is 5.47. The van der Waals surface area contributed by atoms with Gasteiger partial charge in [-0.15, -0.1) is 0 Å². The van der Waals surface area contributed by atoms with E-state index in [1.807, 2.05) is 56.3 Å². The highest BCUT2D eigenvalue weighted by atomic mass is 19.4. The largest absolute Gasteiger partial charge is 0.473 e. The number of nitrogens with one attached hydrogen (secondary N) is 1. The van der Waals surface area contributed by atoms with Crippen LogP contribution in [0.2, 0.25) is 0 Å². The number of alkyl halides is 3. The normalized spacial score (nSPS) is 16.5. The minimum Gasteiger partial charge on any atom is -0.473 e. The van der Waals surface area contributed by atoms with E-state index in [1.54, 1.807) is 37.3 Å². The van der Waals surface area contributed by atoms with Gasteiger partial charge in [0.25, 0.3) is 0 Å². The number of aryl methyl sites for hydroxylation is 2. The van der Waals surface area contributed by atoms with E-state index in [1.165, 1.54) is 5.01 Å². The van der Waals surface area contributed by atoms with Crippen LogP contribution in [0.1, 0.15) is 23.6 Å². The maximum absolute atomic E-state index is 14.1. The van der Waals surface area contributed by atoms with Crippen molar-refractivity contribution in [2.75, 3.05) is 11.6 Å². The Kier molecular flexibility index (Phi) is 6.84. The van der Waals surface area contributed by atoms with E-state index in [9.17, 15) is 13.2 Å². The molecule has 1 aliphatic heterocycles. The van der Waals surface area contributed by atoms with Crippen LogP contribution in [0.25, 0.3) is 0 Å². The number of anilines is 1. The fraction of sp³-hybridized carbons (Fsp3) is 0.259. The molecule has 1 heterocycles. The molecule has 0 fully saturated rings. The number of hydrogen-bond donors (Lipinski definition) is 1. The first-order valence-electron chi connectivity index (χ1n) is 11.1. The average Bonchev–Trinajstić information content (AvgIpc) is 2.78. The molecule has 4 nitrogen and oxygen atoms in total. The van der Waals surface area contributed by atoms with Gasteiger partial charge >= 0.3 is 6.18 Å². The number of rotatable bonds is 6. The van der Waals surface area contributed by atoms with Crippen molar-refractivity contribution in [3.05, 3.63) is 101 Å². The second kappa shape index (κ2) is 9.81. The minimum atomic E-state index is -4.52. The zero-order valence-corrected chi connectivity index (χ0v) is 19.3. The summed E-state index contributed by atoms with van der Waals surface area (Å²) in [6, 6.07) is 22.1. The van der Waals surface area contributed by atoms with Crippen molar-refractivity contribution in [1.29, 1.82) is 0 Å². The van der Waals surface area contributed by atoms with Crippen LogP contribution >= 0.6 is 0 Å². The molecule has 0 radical (unpaired) electrons. The van der Waals surface area contributed by atoms with E-state index in [4.69, 9.17) is 9.47 Å². The highest BCUT2D eigenvalue weighted by Gasteiger charge is 2.45. The summed E-state index contributed by atoms with van der Waals surface area (Å²) in [5.41, 5.74) is 5.62. The van der Waals surface area contributed by atoms with Crippen LogP contribution in [-0.4, -0.2) is 12.7 Å². The van der Waals surface area contributed by atoms with Crippen molar-refractivity contribution >= 4 is 5.69 Å². The van der Waals surface area contributed by atoms with Crippen molar-refractivity contribution in [3.8, 4) is 11.5 Å². The number of halogens is 3. The molecule has 1 N–H and O–H groups in total. The van der Waals surface area contributed by atoms with E-state index in [2.05, 4.69) is 5.43 Å². The fourth-order valence-electron chi connectivity index (χ4n) is 4.00. The Morgan fingerprint density at radius 3 is 2.38 bits per heavy atom. The van der Waals surface area contributed by atoms with Crippen molar-refractivity contribution < 1.29 is 22.6 Å². The Labute approximate surface area is 197 Å². The SMILES string of the molecule is Cc1ccc(N2NCC(C)C(C(F)(F)F)=C2OCc2cccc(Oc3ccccc3)c2)c(C)c1. The molecule has 178 valence electrons. The molecule has 4 rings (SSSR count). The quantitative estimate of drug-likeness (QED) is 0.420. The Morgan fingerprint density at radius 2 is 1.68 bits per heavy atom. The molecule has 1 aliphatic rings. The van der Waals surface area contributed by atoms with Crippen LogP contribution in [0.5, 0.6) is 11.5 Å². The smallest absolute Gasteiger partial charge is 0.418 e. The lowest BCUT2D eigenvalue weighted by Gasteiger charge is -2.37. The van der Waals surface area contributed by atoms with E-state index in [-0.39, 0.29) is 19.0 Å². The molecule has 1 atom stereocenters. The molecule has 0 saturated carbocycles. The van der Waals surface area contributed by atoms with E-state index in [0.717, 1.165) is 11.1 Å². The van der Waals surface area contributed by atoms with Crippen LogP contribution in [0, 0.1) is 19.8 Å². The van der Waals surface area contributed by atoms with Crippen LogP contribution < -0.4 is 15.2 Å². The molecular formula is C27H27F3N2O2. The highest BCUT2D eigenvalue weighted by Crippen LogP contribution is 2.39. The van der Waals surface area contributed by atoms with Crippen LogP contribution in [0.4, 0.5) is 18.9 Å². The van der Waals surface area contributed by atoms with Crippen LogP contribution in [0.3, 0.4) is 0 Å². The Hall–Kier alpha value is -3.45. The standard InChI is InChI=1S/C27H27F3N2O2/c1-18-12-13-24(19(2)14-18)32-26(25(27(28,29)30)20(3)16-31-32)33-17-21-8-7-11-23(15-21)34-22-9-5-4-6-10-22/h4-15,20,31H,16-17H2,1-3H3. The summed E-state index contributed by atoms with van der Waals surface area (Å²) < 4.78 is 54.1. The number of benzene rings is 3. The summed E-state index contributed by atoms with van der Waals surface area (Å²) >= 11 is 0. The first-order valence-corrected chi connectivity index (χ1v) is 11.1. The Morgan fingerprint density at radius 1 is 0.941 bits per heavy atom. The van der Waals surface area contributed by atoms with Gasteiger partial charge in [0.1, 0.15) is 18.1 Å². The molecule has 0 spiro atoms. The summed E-state index contributed by atoms with van der Waals surface area (Å²) in [6.07, 6.45) is -4.52. The van der Waals surface area contributed by atoms with Gasteiger partial charge in [-0.3, -0.25) is 0 Å².